The van der Waals surface area contributed by atoms with Crippen molar-refractivity contribution in [1.82, 2.24) is 0 Å². The molecule has 0 saturated carbocycles. The minimum Gasteiger partial charge on any atom is -0.494 e. The van der Waals surface area contributed by atoms with Gasteiger partial charge in [0.1, 0.15) is 5.75 Å². The minimum atomic E-state index is -0.368. The highest BCUT2D eigenvalue weighted by Crippen LogP contribution is 2.25. The number of benzene rings is 1. The maximum atomic E-state index is 11.0. The fraction of sp³-hybridized carbons (Fsp3) is 0.417. The molecule has 4 N–H and O–H groups in total. The van der Waals surface area contributed by atoms with Crippen LogP contribution in [0.3, 0.4) is 0 Å². The molecule has 0 saturated heterocycles. The standard InChI is InChI=1S/C12H19N3O2/c1-3-15(8-12(14)16)10-5-9(13)6-11(7-10)17-4-2/h5-7H,3-4,8,13H2,1-2H3,(H2,14,16). The Bertz CT molecular complexity index is 393. The fourth-order valence-corrected chi connectivity index (χ4v) is 1.61. The Balaban J connectivity index is 2.97. The SMILES string of the molecule is CCOc1cc(N)cc(N(CC)CC(N)=O)c1. The minimum absolute atomic E-state index is 0.172. The number of rotatable bonds is 6. The molecule has 1 amide bonds. The van der Waals surface area contributed by atoms with Crippen molar-refractivity contribution in [1.29, 1.82) is 0 Å². The molecular formula is C12H19N3O2. The van der Waals surface area contributed by atoms with Crippen molar-refractivity contribution in [3.63, 3.8) is 0 Å². The topological polar surface area (TPSA) is 81.6 Å². The molecule has 0 heterocycles. The van der Waals surface area contributed by atoms with Gasteiger partial charge in [0.2, 0.25) is 5.91 Å². The predicted octanol–water partition coefficient (Wildman–Crippen LogP) is 0.979. The summed E-state index contributed by atoms with van der Waals surface area (Å²) in [4.78, 5) is 12.8. The van der Waals surface area contributed by atoms with Crippen LogP contribution in [0.15, 0.2) is 18.2 Å². The van der Waals surface area contributed by atoms with E-state index in [-0.39, 0.29) is 12.5 Å². The molecule has 0 radical (unpaired) electrons. The summed E-state index contributed by atoms with van der Waals surface area (Å²) in [5.41, 5.74) is 12.4. The second-order valence-electron chi connectivity index (χ2n) is 3.67. The maximum absolute atomic E-state index is 11.0. The Morgan fingerprint density at radius 3 is 2.59 bits per heavy atom. The zero-order valence-electron chi connectivity index (χ0n) is 10.3. The number of nitrogens with zero attached hydrogens (tertiary/aromatic N) is 1. The third-order valence-corrected chi connectivity index (χ3v) is 2.32. The zero-order valence-corrected chi connectivity index (χ0v) is 10.3. The summed E-state index contributed by atoms with van der Waals surface area (Å²) >= 11 is 0. The summed E-state index contributed by atoms with van der Waals surface area (Å²) in [6, 6.07) is 5.41. The number of carbonyl (C=O) groups is 1. The van der Waals surface area contributed by atoms with Gasteiger partial charge in [-0.25, -0.2) is 0 Å². The summed E-state index contributed by atoms with van der Waals surface area (Å²) < 4.78 is 5.40. The van der Waals surface area contributed by atoms with Crippen molar-refractivity contribution in [2.75, 3.05) is 30.3 Å². The Hall–Kier alpha value is -1.91. The summed E-state index contributed by atoms with van der Waals surface area (Å²) in [7, 11) is 0. The van der Waals surface area contributed by atoms with Crippen molar-refractivity contribution in [2.45, 2.75) is 13.8 Å². The molecule has 0 aliphatic carbocycles. The lowest BCUT2D eigenvalue weighted by atomic mass is 10.2. The number of carbonyl (C=O) groups excluding carboxylic acids is 1. The molecule has 0 aliphatic heterocycles. The van der Waals surface area contributed by atoms with Gasteiger partial charge in [-0.05, 0) is 19.9 Å². The van der Waals surface area contributed by atoms with E-state index in [9.17, 15) is 4.79 Å². The van der Waals surface area contributed by atoms with Crippen LogP contribution in [0, 0.1) is 0 Å². The first-order chi connectivity index (χ1) is 8.06. The van der Waals surface area contributed by atoms with Crippen LogP contribution in [0.2, 0.25) is 0 Å². The van der Waals surface area contributed by atoms with Crippen LogP contribution in [0.1, 0.15) is 13.8 Å². The van der Waals surface area contributed by atoms with Crippen LogP contribution in [-0.2, 0) is 4.79 Å². The quantitative estimate of drug-likeness (QED) is 0.723. The van der Waals surface area contributed by atoms with Crippen LogP contribution in [-0.4, -0.2) is 25.6 Å². The largest absolute Gasteiger partial charge is 0.494 e. The molecule has 0 aromatic heterocycles. The van der Waals surface area contributed by atoms with E-state index in [1.807, 2.05) is 24.8 Å². The first kappa shape index (κ1) is 13.2. The van der Waals surface area contributed by atoms with Gasteiger partial charge in [-0.1, -0.05) is 0 Å². The molecule has 1 aromatic carbocycles. The van der Waals surface area contributed by atoms with E-state index in [0.717, 1.165) is 5.69 Å². The number of likely N-dealkylation sites (N-methyl/N-ethyl adjacent to an activating group) is 1. The average molecular weight is 237 g/mol. The Labute approximate surface area is 101 Å². The fourth-order valence-electron chi connectivity index (χ4n) is 1.61. The molecule has 0 bridgehead atoms. The lowest BCUT2D eigenvalue weighted by molar-refractivity contribution is -0.116. The maximum Gasteiger partial charge on any atom is 0.236 e. The lowest BCUT2D eigenvalue weighted by Gasteiger charge is -2.22. The molecule has 5 heteroatoms. The molecule has 0 unspecified atom stereocenters. The van der Waals surface area contributed by atoms with E-state index < -0.39 is 0 Å². The highest BCUT2D eigenvalue weighted by atomic mass is 16.5. The highest BCUT2D eigenvalue weighted by Gasteiger charge is 2.09. The number of primary amides is 1. The van der Waals surface area contributed by atoms with E-state index in [1.54, 1.807) is 12.1 Å². The highest BCUT2D eigenvalue weighted by molar-refractivity contribution is 5.80. The van der Waals surface area contributed by atoms with E-state index in [4.69, 9.17) is 16.2 Å². The summed E-state index contributed by atoms with van der Waals surface area (Å²) in [5, 5.41) is 0. The van der Waals surface area contributed by atoms with Crippen molar-refractivity contribution in [3.05, 3.63) is 18.2 Å². The molecule has 94 valence electrons. The number of nitrogens with two attached hydrogens (primary N) is 2. The molecule has 1 rings (SSSR count). The molecule has 0 spiro atoms. The van der Waals surface area contributed by atoms with Crippen molar-refractivity contribution in [3.8, 4) is 5.75 Å². The van der Waals surface area contributed by atoms with Crippen LogP contribution < -0.4 is 21.1 Å². The van der Waals surface area contributed by atoms with Crippen LogP contribution in [0.25, 0.3) is 0 Å². The first-order valence-electron chi connectivity index (χ1n) is 5.63. The molecule has 0 atom stereocenters. The van der Waals surface area contributed by atoms with Crippen LogP contribution >= 0.6 is 0 Å². The zero-order chi connectivity index (χ0) is 12.8. The number of nitrogen functional groups attached to an aromatic ring is 1. The van der Waals surface area contributed by atoms with Crippen LogP contribution in [0.5, 0.6) is 5.75 Å². The number of hydrogen-bond donors (Lipinski definition) is 2. The van der Waals surface area contributed by atoms with E-state index in [0.29, 0.717) is 24.6 Å². The van der Waals surface area contributed by atoms with Gasteiger partial charge < -0.3 is 21.1 Å². The van der Waals surface area contributed by atoms with Gasteiger partial charge in [0, 0.05) is 30.1 Å². The molecule has 0 fully saturated rings. The van der Waals surface area contributed by atoms with Gasteiger partial charge in [-0.15, -0.1) is 0 Å². The summed E-state index contributed by atoms with van der Waals surface area (Å²) in [6.07, 6.45) is 0. The van der Waals surface area contributed by atoms with Crippen molar-refractivity contribution >= 4 is 17.3 Å². The molecule has 1 aromatic rings. The molecule has 17 heavy (non-hydrogen) atoms. The van der Waals surface area contributed by atoms with E-state index in [2.05, 4.69) is 0 Å². The van der Waals surface area contributed by atoms with Crippen molar-refractivity contribution < 1.29 is 9.53 Å². The second kappa shape index (κ2) is 5.98. The monoisotopic (exact) mass is 237 g/mol. The second-order valence-corrected chi connectivity index (χ2v) is 3.67. The molecule has 5 nitrogen and oxygen atoms in total. The number of hydrogen-bond acceptors (Lipinski definition) is 4. The number of anilines is 2. The van der Waals surface area contributed by atoms with Crippen molar-refractivity contribution in [2.24, 2.45) is 5.73 Å². The van der Waals surface area contributed by atoms with Gasteiger partial charge in [0.25, 0.3) is 0 Å². The first-order valence-corrected chi connectivity index (χ1v) is 5.63. The Kier molecular flexibility index (Phi) is 4.63. The lowest BCUT2D eigenvalue weighted by Crippen LogP contribution is -2.33. The van der Waals surface area contributed by atoms with E-state index >= 15 is 0 Å². The van der Waals surface area contributed by atoms with Gasteiger partial charge in [-0.2, -0.15) is 0 Å². The van der Waals surface area contributed by atoms with Gasteiger partial charge in [0.05, 0.1) is 13.2 Å². The van der Waals surface area contributed by atoms with Gasteiger partial charge in [-0.3, -0.25) is 4.79 Å². The average Bonchev–Trinajstić information content (AvgIpc) is 2.25. The Morgan fingerprint density at radius 1 is 1.35 bits per heavy atom. The summed E-state index contributed by atoms with van der Waals surface area (Å²) in [5.74, 6) is 0.331. The number of ether oxygens (including phenoxy) is 1. The Morgan fingerprint density at radius 2 is 2.06 bits per heavy atom. The van der Waals surface area contributed by atoms with E-state index in [1.165, 1.54) is 0 Å². The van der Waals surface area contributed by atoms with Gasteiger partial charge >= 0.3 is 0 Å². The van der Waals surface area contributed by atoms with Crippen LogP contribution in [0.4, 0.5) is 11.4 Å². The predicted molar refractivity (Wildman–Crippen MR) is 69.1 cm³/mol. The summed E-state index contributed by atoms with van der Waals surface area (Å²) in [6.45, 7) is 5.28. The molecular weight excluding hydrogens is 218 g/mol. The smallest absolute Gasteiger partial charge is 0.236 e. The van der Waals surface area contributed by atoms with Gasteiger partial charge in [0.15, 0.2) is 0 Å². The molecule has 0 aliphatic rings. The number of amides is 1. The third kappa shape index (κ3) is 3.86. The third-order valence-electron chi connectivity index (χ3n) is 2.32. The normalized spacial score (nSPS) is 10.0.